The van der Waals surface area contributed by atoms with Crippen LogP contribution in [-0.2, 0) is 14.3 Å². The van der Waals surface area contributed by atoms with Crippen molar-refractivity contribution in [3.8, 4) is 11.5 Å². The molecule has 0 radical (unpaired) electrons. The number of nitro groups is 1. The number of nitrogens with zero attached hydrogens (tertiary/aromatic N) is 1. The molecular formula is C23H21NO8. The minimum atomic E-state index is -0.567. The van der Waals surface area contributed by atoms with Crippen molar-refractivity contribution in [3.63, 3.8) is 0 Å². The van der Waals surface area contributed by atoms with Crippen molar-refractivity contribution in [2.45, 2.75) is 31.5 Å². The zero-order valence-electron chi connectivity index (χ0n) is 17.3. The second-order valence-electron chi connectivity index (χ2n) is 7.55. The number of nitro benzene ring substituents is 1. The summed E-state index contributed by atoms with van der Waals surface area (Å²) >= 11 is 0. The Morgan fingerprint density at radius 2 is 1.88 bits per heavy atom. The van der Waals surface area contributed by atoms with Crippen LogP contribution in [0, 0.1) is 16.0 Å². The SMILES string of the molecule is COc1cccc(OC2=COC3CC(OC(=O)c4ccc([N+](=O)[O-])cc4)CCC3C2=O)c1. The molecule has 9 heteroatoms. The second kappa shape index (κ2) is 9.09. The van der Waals surface area contributed by atoms with Gasteiger partial charge in [-0.2, -0.15) is 0 Å². The Kier molecular flexibility index (Phi) is 6.07. The van der Waals surface area contributed by atoms with Gasteiger partial charge in [-0.3, -0.25) is 14.9 Å². The van der Waals surface area contributed by atoms with Crippen LogP contribution in [-0.4, -0.2) is 36.0 Å². The summed E-state index contributed by atoms with van der Waals surface area (Å²) in [4.78, 5) is 35.5. The molecule has 1 heterocycles. The van der Waals surface area contributed by atoms with Crippen molar-refractivity contribution in [2.24, 2.45) is 5.92 Å². The molecular weight excluding hydrogens is 418 g/mol. The van der Waals surface area contributed by atoms with Crippen LogP contribution in [0.1, 0.15) is 29.6 Å². The van der Waals surface area contributed by atoms with Crippen LogP contribution in [0.5, 0.6) is 11.5 Å². The normalized spacial score (nSPS) is 22.1. The lowest BCUT2D eigenvalue weighted by Crippen LogP contribution is -2.43. The van der Waals surface area contributed by atoms with Crippen LogP contribution in [0.3, 0.4) is 0 Å². The van der Waals surface area contributed by atoms with E-state index in [1.54, 1.807) is 31.4 Å². The first kappa shape index (κ1) is 21.4. The van der Waals surface area contributed by atoms with Crippen molar-refractivity contribution < 1.29 is 33.5 Å². The maximum absolute atomic E-state index is 12.9. The summed E-state index contributed by atoms with van der Waals surface area (Å²) in [6.07, 6.45) is 1.84. The Morgan fingerprint density at radius 3 is 2.59 bits per heavy atom. The Morgan fingerprint density at radius 1 is 1.12 bits per heavy atom. The van der Waals surface area contributed by atoms with E-state index in [-0.39, 0.29) is 28.7 Å². The molecule has 3 unspecified atom stereocenters. The number of allylic oxidation sites excluding steroid dienone is 1. The molecule has 2 aromatic rings. The lowest BCUT2D eigenvalue weighted by Gasteiger charge is -2.36. The number of hydrogen-bond acceptors (Lipinski definition) is 8. The van der Waals surface area contributed by atoms with Gasteiger partial charge in [-0.25, -0.2) is 4.79 Å². The van der Waals surface area contributed by atoms with Gasteiger partial charge >= 0.3 is 5.97 Å². The van der Waals surface area contributed by atoms with Crippen LogP contribution >= 0.6 is 0 Å². The third-order valence-electron chi connectivity index (χ3n) is 5.53. The monoisotopic (exact) mass is 439 g/mol. The molecule has 0 saturated heterocycles. The van der Waals surface area contributed by atoms with E-state index in [1.807, 2.05) is 0 Å². The van der Waals surface area contributed by atoms with Gasteiger partial charge in [0.2, 0.25) is 11.5 Å². The third-order valence-corrected chi connectivity index (χ3v) is 5.53. The maximum atomic E-state index is 12.9. The average Bonchev–Trinajstić information content (AvgIpc) is 2.81. The number of Topliss-reactive ketones (excluding diaryl/α,β-unsaturated/α-hetero) is 1. The predicted molar refractivity (Wildman–Crippen MR) is 111 cm³/mol. The van der Waals surface area contributed by atoms with Crippen LogP contribution in [0.4, 0.5) is 5.69 Å². The molecule has 3 atom stereocenters. The lowest BCUT2D eigenvalue weighted by atomic mass is 9.80. The molecule has 1 saturated carbocycles. The van der Waals surface area contributed by atoms with Gasteiger partial charge in [-0.05, 0) is 37.1 Å². The van der Waals surface area contributed by atoms with Crippen molar-refractivity contribution >= 4 is 17.4 Å². The van der Waals surface area contributed by atoms with E-state index in [9.17, 15) is 19.7 Å². The first-order valence-electron chi connectivity index (χ1n) is 10.1. The van der Waals surface area contributed by atoms with E-state index < -0.39 is 23.1 Å². The first-order valence-corrected chi connectivity index (χ1v) is 10.1. The van der Waals surface area contributed by atoms with Gasteiger partial charge in [0.1, 0.15) is 30.0 Å². The molecule has 2 aliphatic rings. The highest BCUT2D eigenvalue weighted by atomic mass is 16.6. The molecule has 1 aliphatic heterocycles. The highest BCUT2D eigenvalue weighted by Crippen LogP contribution is 2.35. The fourth-order valence-corrected chi connectivity index (χ4v) is 3.84. The predicted octanol–water partition coefficient (Wildman–Crippen LogP) is 3.82. The molecule has 166 valence electrons. The second-order valence-corrected chi connectivity index (χ2v) is 7.55. The van der Waals surface area contributed by atoms with Crippen molar-refractivity contribution in [3.05, 3.63) is 76.2 Å². The van der Waals surface area contributed by atoms with Crippen LogP contribution in [0.2, 0.25) is 0 Å². The van der Waals surface area contributed by atoms with Crippen LogP contribution in [0.25, 0.3) is 0 Å². The summed E-state index contributed by atoms with van der Waals surface area (Å²) in [5.41, 5.74) is 0.127. The topological polar surface area (TPSA) is 114 Å². The molecule has 0 amide bonds. The molecule has 2 aromatic carbocycles. The van der Waals surface area contributed by atoms with Gasteiger partial charge in [-0.15, -0.1) is 0 Å². The standard InChI is InChI=1S/C23H21NO8/c1-29-16-3-2-4-17(11-16)31-21-13-30-20-12-18(9-10-19(20)22(21)25)32-23(26)14-5-7-15(8-6-14)24(27)28/h2-8,11,13,18-20H,9-10,12H2,1H3. The number of benzene rings is 2. The van der Waals surface area contributed by atoms with Crippen LogP contribution < -0.4 is 9.47 Å². The van der Waals surface area contributed by atoms with Gasteiger partial charge < -0.3 is 18.9 Å². The minimum absolute atomic E-state index is 0.102. The van der Waals surface area contributed by atoms with E-state index in [1.165, 1.54) is 30.5 Å². The van der Waals surface area contributed by atoms with E-state index in [0.29, 0.717) is 30.8 Å². The van der Waals surface area contributed by atoms with Gasteiger partial charge in [0.05, 0.1) is 23.5 Å². The minimum Gasteiger partial charge on any atom is -0.497 e. The highest BCUT2D eigenvalue weighted by molar-refractivity contribution is 5.96. The first-order chi connectivity index (χ1) is 15.4. The summed E-state index contributed by atoms with van der Waals surface area (Å²) in [5, 5.41) is 10.7. The number of non-ortho nitro benzene ring substituents is 1. The quantitative estimate of drug-likeness (QED) is 0.379. The number of hydrogen-bond donors (Lipinski definition) is 0. The molecule has 0 N–H and O–H groups in total. The highest BCUT2D eigenvalue weighted by Gasteiger charge is 2.42. The van der Waals surface area contributed by atoms with Crippen molar-refractivity contribution in [1.29, 1.82) is 0 Å². The zero-order chi connectivity index (χ0) is 22.7. The average molecular weight is 439 g/mol. The largest absolute Gasteiger partial charge is 0.497 e. The van der Waals surface area contributed by atoms with Gasteiger partial charge in [0.15, 0.2) is 0 Å². The van der Waals surface area contributed by atoms with E-state index >= 15 is 0 Å². The van der Waals surface area contributed by atoms with Gasteiger partial charge in [0, 0.05) is 24.6 Å². The Hall–Kier alpha value is -3.88. The molecule has 1 aliphatic carbocycles. The molecule has 0 spiro atoms. The molecule has 4 rings (SSSR count). The Bertz CT molecular complexity index is 1060. The number of ether oxygens (including phenoxy) is 4. The maximum Gasteiger partial charge on any atom is 0.338 e. The molecule has 0 aromatic heterocycles. The Labute approximate surface area is 183 Å². The lowest BCUT2D eigenvalue weighted by molar-refractivity contribution is -0.384. The molecule has 1 fully saturated rings. The number of methoxy groups -OCH3 is 1. The van der Waals surface area contributed by atoms with Crippen molar-refractivity contribution in [2.75, 3.05) is 7.11 Å². The van der Waals surface area contributed by atoms with Crippen LogP contribution in [0.15, 0.2) is 60.6 Å². The fraction of sp³-hybridized carbons (Fsp3) is 0.304. The smallest absolute Gasteiger partial charge is 0.338 e. The number of esters is 1. The fourth-order valence-electron chi connectivity index (χ4n) is 3.84. The number of carbonyl (C=O) groups excluding carboxylic acids is 2. The van der Waals surface area contributed by atoms with Crippen molar-refractivity contribution in [1.82, 2.24) is 0 Å². The number of fused-ring (bicyclic) bond motifs is 1. The molecule has 32 heavy (non-hydrogen) atoms. The number of rotatable bonds is 6. The van der Waals surface area contributed by atoms with E-state index in [0.717, 1.165) is 0 Å². The third kappa shape index (κ3) is 4.56. The van der Waals surface area contributed by atoms with E-state index in [4.69, 9.17) is 18.9 Å². The molecule has 9 nitrogen and oxygen atoms in total. The van der Waals surface area contributed by atoms with Gasteiger partial charge in [0.25, 0.3) is 5.69 Å². The molecule has 0 bridgehead atoms. The van der Waals surface area contributed by atoms with Gasteiger partial charge in [-0.1, -0.05) is 6.07 Å². The number of carbonyl (C=O) groups is 2. The summed E-state index contributed by atoms with van der Waals surface area (Å²) in [6.45, 7) is 0. The summed E-state index contributed by atoms with van der Waals surface area (Å²) < 4.78 is 22.2. The number of ketones is 1. The summed E-state index contributed by atoms with van der Waals surface area (Å²) in [7, 11) is 1.55. The summed E-state index contributed by atoms with van der Waals surface area (Å²) in [6, 6.07) is 12.2. The Balaban J connectivity index is 1.37. The summed E-state index contributed by atoms with van der Waals surface area (Å²) in [5.74, 6) is 0.111. The van der Waals surface area contributed by atoms with E-state index in [2.05, 4.69) is 0 Å². The zero-order valence-corrected chi connectivity index (χ0v) is 17.3.